The number of carbonyl (C=O) groups is 2. The van der Waals surface area contributed by atoms with Crippen molar-refractivity contribution in [3.8, 4) is 0 Å². The largest absolute Gasteiger partial charge is 0.469 e. The van der Waals surface area contributed by atoms with Crippen molar-refractivity contribution in [2.75, 3.05) is 12.4 Å². The summed E-state index contributed by atoms with van der Waals surface area (Å²) in [4.78, 5) is 41.7. The number of nitrogens with one attached hydrogen (secondary N) is 1. The summed E-state index contributed by atoms with van der Waals surface area (Å²) in [6, 6.07) is 1.73. The van der Waals surface area contributed by atoms with Crippen molar-refractivity contribution in [3.63, 3.8) is 0 Å². The van der Waals surface area contributed by atoms with E-state index in [0.29, 0.717) is 17.4 Å². The molecule has 0 aliphatic rings. The lowest BCUT2D eigenvalue weighted by Crippen LogP contribution is -2.32. The van der Waals surface area contributed by atoms with Crippen molar-refractivity contribution in [2.24, 2.45) is 0 Å². The molecule has 2 heterocycles. The zero-order chi connectivity index (χ0) is 22.1. The Morgan fingerprint density at radius 1 is 1.20 bits per heavy atom. The molecular weight excluding hydrogens is 402 g/mol. The third-order valence-electron chi connectivity index (χ3n) is 4.94. The lowest BCUT2D eigenvalue weighted by molar-refractivity contribution is -0.139. The van der Waals surface area contributed by atoms with Crippen molar-refractivity contribution in [2.45, 2.75) is 72.3 Å². The van der Waals surface area contributed by atoms with Gasteiger partial charge in [-0.25, -0.2) is 4.98 Å². The minimum absolute atomic E-state index is 0.0405. The van der Waals surface area contributed by atoms with E-state index < -0.39 is 11.9 Å². The highest BCUT2D eigenvalue weighted by atomic mass is 32.1. The topological polar surface area (TPSA) is 90.3 Å². The fourth-order valence-electron chi connectivity index (χ4n) is 3.25. The minimum atomic E-state index is -0.471. The van der Waals surface area contributed by atoms with Crippen molar-refractivity contribution in [3.05, 3.63) is 44.3 Å². The van der Waals surface area contributed by atoms with E-state index in [9.17, 15) is 14.4 Å². The Hall–Kier alpha value is -2.48. The third-order valence-corrected chi connectivity index (χ3v) is 5.75. The molecule has 0 saturated heterocycles. The van der Waals surface area contributed by atoms with Gasteiger partial charge in [-0.2, -0.15) is 0 Å². The van der Waals surface area contributed by atoms with Crippen LogP contribution in [0.2, 0.25) is 0 Å². The normalized spacial score (nSPS) is 10.8. The third kappa shape index (κ3) is 6.01. The van der Waals surface area contributed by atoms with Crippen LogP contribution in [0.1, 0.15) is 73.8 Å². The van der Waals surface area contributed by atoms with Crippen LogP contribution in [-0.4, -0.2) is 28.5 Å². The highest BCUT2D eigenvalue weighted by molar-refractivity contribution is 7.14. The molecule has 1 amide bonds. The van der Waals surface area contributed by atoms with Gasteiger partial charge < -0.3 is 9.30 Å². The Balaban J connectivity index is 2.34. The maximum Gasteiger partial charge on any atom is 0.311 e. The number of amides is 1. The highest BCUT2D eigenvalue weighted by Gasteiger charge is 2.19. The van der Waals surface area contributed by atoms with Crippen LogP contribution in [0.5, 0.6) is 0 Å². The fraction of sp³-hybridized carbons (Fsp3) is 0.545. The number of aromatic nitrogens is 2. The number of rotatable bonds is 11. The van der Waals surface area contributed by atoms with Crippen LogP contribution < -0.4 is 10.9 Å². The monoisotopic (exact) mass is 433 g/mol. The Morgan fingerprint density at radius 2 is 1.93 bits per heavy atom. The number of nitrogens with zero attached hydrogens (tertiary/aromatic N) is 2. The molecule has 2 aromatic rings. The van der Waals surface area contributed by atoms with E-state index in [1.54, 1.807) is 16.0 Å². The van der Waals surface area contributed by atoms with E-state index >= 15 is 0 Å². The van der Waals surface area contributed by atoms with E-state index in [-0.39, 0.29) is 17.5 Å². The Kier molecular flexibility index (Phi) is 9.23. The summed E-state index contributed by atoms with van der Waals surface area (Å²) >= 11 is 1.21. The number of carbonyl (C=O) groups excluding carboxylic acids is 2. The summed E-state index contributed by atoms with van der Waals surface area (Å²) in [5.41, 5.74) is 2.48. The van der Waals surface area contributed by atoms with Gasteiger partial charge in [-0.1, -0.05) is 33.6 Å². The zero-order valence-corrected chi connectivity index (χ0v) is 19.1. The van der Waals surface area contributed by atoms with Crippen LogP contribution >= 0.6 is 11.3 Å². The van der Waals surface area contributed by atoms with Crippen LogP contribution in [-0.2, 0) is 35.3 Å². The van der Waals surface area contributed by atoms with Crippen molar-refractivity contribution in [1.82, 2.24) is 9.55 Å². The van der Waals surface area contributed by atoms with E-state index in [0.717, 1.165) is 49.8 Å². The van der Waals surface area contributed by atoms with Gasteiger partial charge in [0, 0.05) is 17.6 Å². The first kappa shape index (κ1) is 23.8. The summed E-state index contributed by atoms with van der Waals surface area (Å²) in [7, 11) is 1.32. The minimum Gasteiger partial charge on any atom is -0.469 e. The van der Waals surface area contributed by atoms with Crippen molar-refractivity contribution < 1.29 is 14.3 Å². The number of thiazole rings is 1. The summed E-state index contributed by atoms with van der Waals surface area (Å²) < 4.78 is 6.42. The summed E-state index contributed by atoms with van der Waals surface area (Å²) in [6.45, 7) is 6.87. The average molecular weight is 434 g/mol. The van der Waals surface area contributed by atoms with Crippen LogP contribution in [0.3, 0.4) is 0 Å². The molecule has 0 radical (unpaired) electrons. The molecule has 0 spiro atoms. The predicted octanol–water partition coefficient (Wildman–Crippen LogP) is 3.98. The molecule has 0 saturated carbocycles. The molecule has 2 rings (SSSR count). The van der Waals surface area contributed by atoms with Gasteiger partial charge >= 0.3 is 5.97 Å². The number of hydrogen-bond acceptors (Lipinski definition) is 6. The summed E-state index contributed by atoms with van der Waals surface area (Å²) in [6.07, 6.45) is 5.54. The Bertz CT molecular complexity index is 933. The zero-order valence-electron chi connectivity index (χ0n) is 18.2. The maximum absolute atomic E-state index is 13.2. The molecule has 0 aliphatic carbocycles. The van der Waals surface area contributed by atoms with Gasteiger partial charge in [-0.15, -0.1) is 11.3 Å². The molecule has 8 heteroatoms. The van der Waals surface area contributed by atoms with Crippen LogP contribution in [0.25, 0.3) is 0 Å². The molecule has 0 fully saturated rings. The van der Waals surface area contributed by atoms with Crippen molar-refractivity contribution in [1.29, 1.82) is 0 Å². The summed E-state index contributed by atoms with van der Waals surface area (Å²) in [5, 5.41) is 4.76. The second kappa shape index (κ2) is 11.6. The first-order valence-corrected chi connectivity index (χ1v) is 11.4. The van der Waals surface area contributed by atoms with Gasteiger partial charge in [0.15, 0.2) is 5.13 Å². The molecule has 0 unspecified atom stereocenters. The number of esters is 1. The number of ether oxygens (including phenoxy) is 1. The van der Waals surface area contributed by atoms with Gasteiger partial charge in [-0.3, -0.25) is 19.7 Å². The van der Waals surface area contributed by atoms with Gasteiger partial charge in [0.25, 0.3) is 11.5 Å². The number of pyridine rings is 1. The van der Waals surface area contributed by atoms with Crippen LogP contribution in [0.15, 0.2) is 16.2 Å². The number of unbranched alkanes of at least 4 members (excludes halogenated alkanes) is 2. The van der Waals surface area contributed by atoms with E-state index in [1.165, 1.54) is 18.4 Å². The molecule has 2 aromatic heterocycles. The molecule has 0 aliphatic heterocycles. The average Bonchev–Trinajstić information content (AvgIpc) is 3.17. The molecule has 0 bridgehead atoms. The van der Waals surface area contributed by atoms with E-state index in [1.807, 2.05) is 6.92 Å². The van der Waals surface area contributed by atoms with Crippen LogP contribution in [0, 0.1) is 0 Å². The maximum atomic E-state index is 13.2. The predicted molar refractivity (Wildman–Crippen MR) is 119 cm³/mol. The number of aryl methyl sites for hydroxylation is 1. The second-order valence-electron chi connectivity index (χ2n) is 7.15. The van der Waals surface area contributed by atoms with Crippen LogP contribution in [0.4, 0.5) is 5.13 Å². The lowest BCUT2D eigenvalue weighted by atomic mass is 10.0. The number of methoxy groups -OCH3 is 1. The molecule has 30 heavy (non-hydrogen) atoms. The molecular formula is C22H31N3O4S. The van der Waals surface area contributed by atoms with Gasteiger partial charge in [0.05, 0.1) is 19.2 Å². The van der Waals surface area contributed by atoms with E-state index in [2.05, 4.69) is 28.9 Å². The second-order valence-corrected chi connectivity index (χ2v) is 8.01. The molecule has 164 valence electrons. The lowest BCUT2D eigenvalue weighted by Gasteiger charge is -2.18. The first-order valence-electron chi connectivity index (χ1n) is 10.5. The quantitative estimate of drug-likeness (QED) is 0.542. The first-order chi connectivity index (χ1) is 14.4. The van der Waals surface area contributed by atoms with E-state index in [4.69, 9.17) is 0 Å². The number of anilines is 1. The molecule has 7 nitrogen and oxygen atoms in total. The smallest absolute Gasteiger partial charge is 0.311 e. The fourth-order valence-corrected chi connectivity index (χ4v) is 3.96. The molecule has 0 aromatic carbocycles. The number of hydrogen-bond donors (Lipinski definition) is 1. The van der Waals surface area contributed by atoms with Gasteiger partial charge in [0.2, 0.25) is 0 Å². The van der Waals surface area contributed by atoms with Gasteiger partial charge in [0.1, 0.15) is 5.56 Å². The molecule has 1 N–H and O–H groups in total. The Morgan fingerprint density at radius 3 is 2.57 bits per heavy atom. The standard InChI is InChI=1S/C22H31N3O4S/c1-5-8-10-18-15(7-3)12-17(21(28)25(18)11-9-6-2)20(27)24-22-23-16(14-30-22)13-19(26)29-4/h12,14H,5-11,13H2,1-4H3,(H,23,24,27). The SMILES string of the molecule is CCCCc1c(CC)cc(C(=O)Nc2nc(CC(=O)OC)cs2)c(=O)n1CCCC. The molecule has 0 atom stereocenters. The Labute approximate surface area is 181 Å². The van der Waals surface area contributed by atoms with Crippen molar-refractivity contribution >= 4 is 28.3 Å². The highest BCUT2D eigenvalue weighted by Crippen LogP contribution is 2.19. The van der Waals surface area contributed by atoms with Gasteiger partial charge in [-0.05, 0) is 37.3 Å². The summed E-state index contributed by atoms with van der Waals surface area (Å²) in [5.74, 6) is -0.867.